The molecule has 8 fully saturated rings. The molecule has 8 aliphatic rings. The van der Waals surface area contributed by atoms with E-state index in [9.17, 15) is 23.1 Å². The molecule has 7 aliphatic carbocycles. The quantitative estimate of drug-likeness (QED) is 0.236. The monoisotopic (exact) mass is 785 g/mol. The zero-order valence-electron chi connectivity index (χ0n) is 36.2. The molecule has 1 saturated heterocycles. The molecule has 7 saturated carbocycles. The number of carboxylic acids is 1. The number of hydrogen-bond acceptors (Lipinski definition) is 7. The molecule has 0 amide bonds. The van der Waals surface area contributed by atoms with Crippen molar-refractivity contribution >= 4 is 21.8 Å². The van der Waals surface area contributed by atoms with E-state index in [1.807, 2.05) is 13.8 Å². The predicted octanol–water partition coefficient (Wildman–Crippen LogP) is 8.38. The molecule has 8 rings (SSSR count). The first-order valence-electron chi connectivity index (χ1n) is 22.5. The average Bonchev–Trinajstić information content (AvgIpc) is 3.70. The average molecular weight is 785 g/mol. The molecule has 9 heteroatoms. The van der Waals surface area contributed by atoms with E-state index < -0.39 is 27.1 Å². The molecule has 0 aromatic carbocycles. The molecule has 8 nitrogen and oxygen atoms in total. The summed E-state index contributed by atoms with van der Waals surface area (Å²) in [6.07, 6.45) is 15.1. The maximum atomic E-state index is 13.7. The van der Waals surface area contributed by atoms with Gasteiger partial charge < -0.3 is 15.2 Å². The van der Waals surface area contributed by atoms with Crippen LogP contribution in [0.4, 0.5) is 0 Å². The van der Waals surface area contributed by atoms with Gasteiger partial charge in [-0.05, 0) is 154 Å². The number of carboxylic acid groups (broad SMARTS) is 1. The zero-order chi connectivity index (χ0) is 40.0. The maximum Gasteiger partial charge on any atom is 0.309 e. The summed E-state index contributed by atoms with van der Waals surface area (Å²) in [6, 6.07) is 0. The third-order valence-electron chi connectivity index (χ3n) is 20.5. The lowest BCUT2D eigenvalue weighted by Crippen LogP contribution is -2.70. The predicted molar refractivity (Wildman–Crippen MR) is 217 cm³/mol. The summed E-state index contributed by atoms with van der Waals surface area (Å²) in [6.45, 7) is 26.1. The maximum absolute atomic E-state index is 13.7. The van der Waals surface area contributed by atoms with Crippen LogP contribution in [0.25, 0.3) is 0 Å². The molecule has 2 N–H and O–H groups in total. The van der Waals surface area contributed by atoms with Crippen molar-refractivity contribution in [2.75, 3.05) is 31.1 Å². The van der Waals surface area contributed by atoms with Gasteiger partial charge in [-0.1, -0.05) is 55.4 Å². The number of hydrogen-bond donors (Lipinski definition) is 2. The SMILES string of the molecule is CC1([C@@H]2CC[C@]3(NCC(C)(C)N4CCS(=O)(=O)CC4)CC[C@]4(C)[C@H](CC[C@@H]5[C@@]6(C)CC[C@H](OC(=O)[C@H]7C[C@@H](C(=O)O)C7(C)C)C(C)(C)[C@@H]6CC[C@]54C)[C@@H]23)CC1. The number of carbonyl (C=O) groups is 2. The van der Waals surface area contributed by atoms with E-state index in [1.165, 1.54) is 64.2 Å². The molecule has 0 bridgehead atoms. The number of esters is 1. The summed E-state index contributed by atoms with van der Waals surface area (Å²) >= 11 is 0. The molecule has 1 heterocycles. The van der Waals surface area contributed by atoms with Crippen LogP contribution >= 0.6 is 0 Å². The minimum atomic E-state index is -2.91. The van der Waals surface area contributed by atoms with Gasteiger partial charge >= 0.3 is 11.9 Å². The van der Waals surface area contributed by atoms with E-state index in [0.717, 1.165) is 25.3 Å². The molecular formula is C46H76N2O6S. The van der Waals surface area contributed by atoms with Crippen LogP contribution in [0.3, 0.4) is 0 Å². The van der Waals surface area contributed by atoms with E-state index in [0.29, 0.717) is 48.6 Å². The minimum Gasteiger partial charge on any atom is -0.481 e. The minimum absolute atomic E-state index is 0.0941. The van der Waals surface area contributed by atoms with Gasteiger partial charge in [0.05, 0.1) is 23.3 Å². The van der Waals surface area contributed by atoms with Gasteiger partial charge in [0.1, 0.15) is 6.10 Å². The molecule has 12 atom stereocenters. The Morgan fingerprint density at radius 3 is 2.04 bits per heavy atom. The largest absolute Gasteiger partial charge is 0.481 e. The second kappa shape index (κ2) is 12.7. The second-order valence-electron chi connectivity index (χ2n) is 23.7. The van der Waals surface area contributed by atoms with Crippen LogP contribution in [0.2, 0.25) is 0 Å². The topological polar surface area (TPSA) is 113 Å². The number of fused-ring (bicyclic) bond motifs is 7. The van der Waals surface area contributed by atoms with E-state index in [4.69, 9.17) is 4.74 Å². The number of nitrogens with one attached hydrogen (secondary N) is 1. The fourth-order valence-corrected chi connectivity index (χ4v) is 17.4. The Kier molecular flexibility index (Phi) is 9.34. The van der Waals surface area contributed by atoms with Gasteiger partial charge in [0.2, 0.25) is 0 Å². The van der Waals surface area contributed by atoms with Crippen molar-refractivity contribution in [3.8, 4) is 0 Å². The van der Waals surface area contributed by atoms with Crippen molar-refractivity contribution in [3.63, 3.8) is 0 Å². The highest BCUT2D eigenvalue weighted by atomic mass is 32.2. The molecule has 1 aliphatic heterocycles. The fourth-order valence-electron chi connectivity index (χ4n) is 16.2. The zero-order valence-corrected chi connectivity index (χ0v) is 37.0. The number of aliphatic carboxylic acids is 1. The summed E-state index contributed by atoms with van der Waals surface area (Å²) in [5, 5.41) is 14.1. The summed E-state index contributed by atoms with van der Waals surface area (Å²) in [7, 11) is -2.91. The van der Waals surface area contributed by atoms with Crippen LogP contribution in [0, 0.1) is 73.9 Å². The van der Waals surface area contributed by atoms with Crippen LogP contribution in [0.5, 0.6) is 0 Å². The van der Waals surface area contributed by atoms with Gasteiger partial charge in [0, 0.05) is 36.1 Å². The first-order valence-corrected chi connectivity index (χ1v) is 24.3. The number of rotatable bonds is 8. The highest BCUT2D eigenvalue weighted by molar-refractivity contribution is 7.91. The van der Waals surface area contributed by atoms with Gasteiger partial charge in [-0.3, -0.25) is 14.5 Å². The Balaban J connectivity index is 1.02. The summed E-state index contributed by atoms with van der Waals surface area (Å²) in [4.78, 5) is 27.9. The van der Waals surface area contributed by atoms with Crippen molar-refractivity contribution in [2.45, 2.75) is 170 Å². The van der Waals surface area contributed by atoms with Gasteiger partial charge in [-0.25, -0.2) is 8.42 Å². The van der Waals surface area contributed by atoms with E-state index in [-0.39, 0.29) is 62.2 Å². The van der Waals surface area contributed by atoms with E-state index >= 15 is 0 Å². The van der Waals surface area contributed by atoms with Gasteiger partial charge in [0.25, 0.3) is 0 Å². The lowest BCUT2D eigenvalue weighted by atomic mass is 9.32. The fraction of sp³-hybridized carbons (Fsp3) is 0.957. The number of sulfone groups is 1. The van der Waals surface area contributed by atoms with Gasteiger partial charge in [0.15, 0.2) is 9.84 Å². The van der Waals surface area contributed by atoms with Crippen molar-refractivity contribution in [1.29, 1.82) is 0 Å². The number of carbonyl (C=O) groups excluding carboxylic acids is 1. The Morgan fingerprint density at radius 1 is 0.745 bits per heavy atom. The molecule has 312 valence electrons. The Labute approximate surface area is 333 Å². The van der Waals surface area contributed by atoms with Gasteiger partial charge in [-0.15, -0.1) is 0 Å². The lowest BCUT2D eigenvalue weighted by molar-refractivity contribution is -0.250. The molecule has 0 unspecified atom stereocenters. The third kappa shape index (κ3) is 5.92. The first kappa shape index (κ1) is 40.6. The van der Waals surface area contributed by atoms with E-state index in [1.54, 1.807) is 0 Å². The van der Waals surface area contributed by atoms with Gasteiger partial charge in [-0.2, -0.15) is 0 Å². The number of ether oxygens (including phenoxy) is 1. The third-order valence-corrected chi connectivity index (χ3v) is 22.1. The van der Waals surface area contributed by atoms with Crippen LogP contribution in [-0.2, 0) is 24.2 Å². The van der Waals surface area contributed by atoms with Crippen molar-refractivity contribution < 1.29 is 27.9 Å². The highest BCUT2D eigenvalue weighted by Gasteiger charge is 2.72. The Hall–Kier alpha value is -1.19. The second-order valence-corrected chi connectivity index (χ2v) is 26.0. The molecule has 0 aromatic heterocycles. The summed E-state index contributed by atoms with van der Waals surface area (Å²) in [5.41, 5.74) is 0.543. The standard InChI is InChI=1S/C46H76N2O6S/c1-39(2,48-23-25-55(52,53)26-24-48)28-47-46-18-13-29(42(7)19-20-42)36(46)30-11-12-34-43(8)16-15-35(54-38(51)32-27-31(37(49)50)40(32,3)4)41(5,6)33(43)14-17-45(34,10)44(30,9)21-22-46/h29-36,47H,11-28H2,1-10H3,(H,49,50)/t29-,30-,31+,32-,33+,34-,35+,36-,43+,44-,45-,46+/m1/s1. The van der Waals surface area contributed by atoms with Crippen molar-refractivity contribution in [2.24, 2.45) is 73.9 Å². The molecule has 0 spiro atoms. The van der Waals surface area contributed by atoms with Crippen LogP contribution in [-0.4, -0.2) is 78.7 Å². The van der Waals surface area contributed by atoms with Crippen molar-refractivity contribution in [1.82, 2.24) is 10.2 Å². The van der Waals surface area contributed by atoms with Crippen LogP contribution in [0.1, 0.15) is 153 Å². The molecular weight excluding hydrogens is 709 g/mol. The Bertz CT molecular complexity index is 1670. The highest BCUT2D eigenvalue weighted by Crippen LogP contribution is 2.78. The molecule has 0 radical (unpaired) electrons. The first-order chi connectivity index (χ1) is 25.4. The normalized spacial score (nSPS) is 47.9. The Morgan fingerprint density at radius 2 is 1.42 bits per heavy atom. The molecule has 0 aromatic rings. The van der Waals surface area contributed by atoms with Crippen LogP contribution in [0.15, 0.2) is 0 Å². The summed E-state index contributed by atoms with van der Waals surface area (Å²) < 4.78 is 31.1. The number of nitrogens with zero attached hydrogens (tertiary/aromatic N) is 1. The van der Waals surface area contributed by atoms with Crippen LogP contribution < -0.4 is 5.32 Å². The summed E-state index contributed by atoms with van der Waals surface area (Å²) in [5.74, 6) is 2.02. The van der Waals surface area contributed by atoms with E-state index in [2.05, 4.69) is 65.6 Å². The van der Waals surface area contributed by atoms with Crippen molar-refractivity contribution in [3.05, 3.63) is 0 Å². The smallest absolute Gasteiger partial charge is 0.309 e. The lowest BCUT2D eigenvalue weighted by Gasteiger charge is -2.73. The molecule has 55 heavy (non-hydrogen) atoms.